The smallest absolute Gasteiger partial charge is 0.224 e. The number of nitrogens with zero attached hydrogens (tertiary/aromatic N) is 1. The van der Waals surface area contributed by atoms with Crippen LogP contribution in [0.4, 0.5) is 0 Å². The van der Waals surface area contributed by atoms with Crippen molar-refractivity contribution in [3.8, 4) is 0 Å². The summed E-state index contributed by atoms with van der Waals surface area (Å²) in [5.74, 6) is 0.122. The number of aryl methyl sites for hydroxylation is 1. The van der Waals surface area contributed by atoms with Gasteiger partial charge in [-0.1, -0.05) is 43.2 Å². The number of hydrogen-bond acceptors (Lipinski definition) is 2. The molecule has 1 atom stereocenters. The Kier molecular flexibility index (Phi) is 5.86. The number of carbonyl (C=O) groups is 1. The van der Waals surface area contributed by atoms with Crippen molar-refractivity contribution in [2.45, 2.75) is 45.7 Å². The van der Waals surface area contributed by atoms with Gasteiger partial charge in [-0.3, -0.25) is 4.79 Å². The van der Waals surface area contributed by atoms with Gasteiger partial charge in [0, 0.05) is 26.1 Å². The molecule has 1 rings (SSSR count). The van der Waals surface area contributed by atoms with Gasteiger partial charge in [-0.25, -0.2) is 0 Å². The van der Waals surface area contributed by atoms with E-state index >= 15 is 0 Å². The first-order valence-electron chi connectivity index (χ1n) is 6.58. The van der Waals surface area contributed by atoms with Crippen LogP contribution >= 0.6 is 0 Å². The van der Waals surface area contributed by atoms with Gasteiger partial charge in [0.05, 0.1) is 0 Å². The Morgan fingerprint density at radius 2 is 1.94 bits per heavy atom. The van der Waals surface area contributed by atoms with Crippen LogP contribution in [0.2, 0.25) is 0 Å². The first-order chi connectivity index (χ1) is 8.52. The molecule has 3 nitrogen and oxygen atoms in total. The molecular formula is C15H24N2O. The van der Waals surface area contributed by atoms with E-state index in [1.165, 1.54) is 5.56 Å². The van der Waals surface area contributed by atoms with E-state index in [-0.39, 0.29) is 11.9 Å². The highest BCUT2D eigenvalue weighted by Gasteiger charge is 2.13. The number of benzene rings is 1. The predicted molar refractivity (Wildman–Crippen MR) is 75.2 cm³/mol. The molecule has 1 unspecified atom stereocenters. The van der Waals surface area contributed by atoms with E-state index in [0.29, 0.717) is 13.0 Å². The first-order valence-corrected chi connectivity index (χ1v) is 6.58. The third-order valence-electron chi connectivity index (χ3n) is 3.06. The lowest BCUT2D eigenvalue weighted by Gasteiger charge is -2.19. The number of amides is 1. The Morgan fingerprint density at radius 3 is 2.50 bits per heavy atom. The molecule has 2 N–H and O–H groups in total. The van der Waals surface area contributed by atoms with E-state index < -0.39 is 0 Å². The highest BCUT2D eigenvalue weighted by molar-refractivity contribution is 5.76. The Morgan fingerprint density at radius 1 is 1.33 bits per heavy atom. The monoisotopic (exact) mass is 248 g/mol. The van der Waals surface area contributed by atoms with E-state index in [1.54, 1.807) is 4.90 Å². The first kappa shape index (κ1) is 14.7. The van der Waals surface area contributed by atoms with Gasteiger partial charge in [-0.2, -0.15) is 0 Å². The van der Waals surface area contributed by atoms with Gasteiger partial charge >= 0.3 is 0 Å². The maximum absolute atomic E-state index is 11.9. The third kappa shape index (κ3) is 4.88. The van der Waals surface area contributed by atoms with Gasteiger partial charge in [0.15, 0.2) is 0 Å². The van der Waals surface area contributed by atoms with Crippen molar-refractivity contribution in [3.05, 3.63) is 35.4 Å². The van der Waals surface area contributed by atoms with Crippen LogP contribution in [0.15, 0.2) is 24.3 Å². The molecule has 0 spiro atoms. The van der Waals surface area contributed by atoms with Gasteiger partial charge < -0.3 is 10.6 Å². The molecular weight excluding hydrogens is 224 g/mol. The summed E-state index contributed by atoms with van der Waals surface area (Å²) >= 11 is 0. The fourth-order valence-electron chi connectivity index (χ4n) is 1.91. The highest BCUT2D eigenvalue weighted by Crippen LogP contribution is 2.08. The van der Waals surface area contributed by atoms with Crippen LogP contribution in [-0.4, -0.2) is 23.9 Å². The SMILES string of the molecule is CCCC(N)CC(=O)N(C)Cc1ccc(C)cc1. The molecule has 1 aromatic rings. The maximum Gasteiger partial charge on any atom is 0.224 e. The molecule has 0 aliphatic carbocycles. The fourth-order valence-corrected chi connectivity index (χ4v) is 1.91. The van der Waals surface area contributed by atoms with Crippen LogP contribution in [0.25, 0.3) is 0 Å². The zero-order valence-electron chi connectivity index (χ0n) is 11.6. The topological polar surface area (TPSA) is 46.3 Å². The van der Waals surface area contributed by atoms with Crippen molar-refractivity contribution >= 4 is 5.91 Å². The molecule has 100 valence electrons. The molecule has 0 radical (unpaired) electrons. The van der Waals surface area contributed by atoms with E-state index in [0.717, 1.165) is 18.4 Å². The molecule has 3 heteroatoms. The molecule has 0 fully saturated rings. The molecule has 1 amide bonds. The minimum absolute atomic E-state index is 0.0111. The van der Waals surface area contributed by atoms with Crippen molar-refractivity contribution in [1.82, 2.24) is 4.90 Å². The van der Waals surface area contributed by atoms with Gasteiger partial charge in [-0.05, 0) is 18.9 Å². The number of rotatable bonds is 6. The van der Waals surface area contributed by atoms with E-state index in [4.69, 9.17) is 5.73 Å². The summed E-state index contributed by atoms with van der Waals surface area (Å²) in [6.07, 6.45) is 2.37. The van der Waals surface area contributed by atoms with Crippen LogP contribution in [0.1, 0.15) is 37.3 Å². The second-order valence-corrected chi connectivity index (χ2v) is 4.99. The van der Waals surface area contributed by atoms with E-state index in [1.807, 2.05) is 7.05 Å². The normalized spacial score (nSPS) is 12.2. The molecule has 0 saturated carbocycles. The van der Waals surface area contributed by atoms with Gasteiger partial charge in [0.1, 0.15) is 0 Å². The Bertz CT molecular complexity index is 373. The number of hydrogen-bond donors (Lipinski definition) is 1. The average Bonchev–Trinajstić information content (AvgIpc) is 2.32. The summed E-state index contributed by atoms with van der Waals surface area (Å²) in [6, 6.07) is 8.24. The molecule has 0 heterocycles. The third-order valence-corrected chi connectivity index (χ3v) is 3.06. The second-order valence-electron chi connectivity index (χ2n) is 4.99. The van der Waals surface area contributed by atoms with Crippen molar-refractivity contribution in [1.29, 1.82) is 0 Å². The van der Waals surface area contributed by atoms with Crippen LogP contribution in [0, 0.1) is 6.92 Å². The van der Waals surface area contributed by atoms with Crippen LogP contribution in [0.5, 0.6) is 0 Å². The van der Waals surface area contributed by atoms with Crippen molar-refractivity contribution in [2.24, 2.45) is 5.73 Å². The molecule has 0 saturated heterocycles. The predicted octanol–water partition coefficient (Wildman–Crippen LogP) is 2.47. The van der Waals surface area contributed by atoms with Gasteiger partial charge in [0.25, 0.3) is 0 Å². The van der Waals surface area contributed by atoms with Crippen molar-refractivity contribution < 1.29 is 4.79 Å². The zero-order valence-corrected chi connectivity index (χ0v) is 11.6. The Labute approximate surface area is 110 Å². The number of nitrogens with two attached hydrogens (primary N) is 1. The minimum atomic E-state index is -0.0111. The number of carbonyl (C=O) groups excluding carboxylic acids is 1. The quantitative estimate of drug-likeness (QED) is 0.840. The lowest BCUT2D eigenvalue weighted by atomic mass is 10.1. The Balaban J connectivity index is 2.46. The van der Waals surface area contributed by atoms with E-state index in [9.17, 15) is 4.79 Å². The summed E-state index contributed by atoms with van der Waals surface area (Å²) in [5.41, 5.74) is 8.28. The van der Waals surface area contributed by atoms with Crippen LogP contribution in [0.3, 0.4) is 0 Å². The van der Waals surface area contributed by atoms with E-state index in [2.05, 4.69) is 38.1 Å². The van der Waals surface area contributed by atoms with Gasteiger partial charge in [0.2, 0.25) is 5.91 Å². The molecule has 0 aromatic heterocycles. The summed E-state index contributed by atoms with van der Waals surface area (Å²) in [7, 11) is 1.83. The summed E-state index contributed by atoms with van der Waals surface area (Å²) < 4.78 is 0. The second kappa shape index (κ2) is 7.17. The average molecular weight is 248 g/mol. The molecule has 1 aromatic carbocycles. The van der Waals surface area contributed by atoms with Crippen LogP contribution < -0.4 is 5.73 Å². The summed E-state index contributed by atoms with van der Waals surface area (Å²) in [4.78, 5) is 13.7. The Hall–Kier alpha value is -1.35. The summed E-state index contributed by atoms with van der Waals surface area (Å²) in [6.45, 7) is 4.79. The maximum atomic E-state index is 11.9. The largest absolute Gasteiger partial charge is 0.341 e. The minimum Gasteiger partial charge on any atom is -0.341 e. The van der Waals surface area contributed by atoms with Crippen LogP contribution in [-0.2, 0) is 11.3 Å². The molecule has 0 aliphatic rings. The fraction of sp³-hybridized carbons (Fsp3) is 0.533. The standard InChI is InChI=1S/C15H24N2O/c1-4-5-14(16)10-15(18)17(3)11-13-8-6-12(2)7-9-13/h6-9,14H,4-5,10-11,16H2,1-3H3. The molecule has 0 aliphatic heterocycles. The van der Waals surface area contributed by atoms with Gasteiger partial charge in [-0.15, -0.1) is 0 Å². The van der Waals surface area contributed by atoms with Crippen molar-refractivity contribution in [3.63, 3.8) is 0 Å². The zero-order chi connectivity index (χ0) is 13.5. The highest BCUT2D eigenvalue weighted by atomic mass is 16.2. The molecule has 0 bridgehead atoms. The summed E-state index contributed by atoms with van der Waals surface area (Å²) in [5, 5.41) is 0. The molecule has 18 heavy (non-hydrogen) atoms. The lowest BCUT2D eigenvalue weighted by Crippen LogP contribution is -2.32. The van der Waals surface area contributed by atoms with Crippen molar-refractivity contribution in [2.75, 3.05) is 7.05 Å². The lowest BCUT2D eigenvalue weighted by molar-refractivity contribution is -0.130.